The second kappa shape index (κ2) is 8.46. The minimum atomic E-state index is -3.79. The predicted octanol–water partition coefficient (Wildman–Crippen LogP) is 2.78. The van der Waals surface area contributed by atoms with Gasteiger partial charge in [0.1, 0.15) is 11.6 Å². The number of halogens is 2. The third kappa shape index (κ3) is 4.63. The van der Waals surface area contributed by atoms with Crippen LogP contribution in [-0.4, -0.2) is 55.8 Å². The van der Waals surface area contributed by atoms with Crippen molar-refractivity contribution in [2.45, 2.75) is 17.9 Å². The van der Waals surface area contributed by atoms with Crippen LogP contribution in [0.3, 0.4) is 0 Å². The average Bonchev–Trinajstić information content (AvgIpc) is 2.69. The maximum atomic E-state index is 13.4. The first-order valence-electron chi connectivity index (χ1n) is 8.74. The summed E-state index contributed by atoms with van der Waals surface area (Å²) in [6.45, 7) is 2.40. The van der Waals surface area contributed by atoms with E-state index in [-0.39, 0.29) is 37.0 Å². The molecule has 1 aliphatic rings. The van der Waals surface area contributed by atoms with Gasteiger partial charge in [-0.25, -0.2) is 12.8 Å². The highest BCUT2D eigenvalue weighted by atomic mass is 35.5. The highest BCUT2D eigenvalue weighted by molar-refractivity contribution is 7.89. The molecule has 2 aromatic rings. The van der Waals surface area contributed by atoms with Crippen molar-refractivity contribution in [3.05, 3.63) is 59.4 Å². The summed E-state index contributed by atoms with van der Waals surface area (Å²) < 4.78 is 45.5. The minimum Gasteiger partial charge on any atom is -0.481 e. The summed E-state index contributed by atoms with van der Waals surface area (Å²) in [6, 6.07) is 11.6. The fourth-order valence-corrected chi connectivity index (χ4v) is 4.53. The van der Waals surface area contributed by atoms with E-state index in [9.17, 15) is 17.6 Å². The third-order valence-corrected chi connectivity index (χ3v) is 6.61. The molecule has 1 saturated heterocycles. The van der Waals surface area contributed by atoms with Crippen LogP contribution >= 0.6 is 11.6 Å². The van der Waals surface area contributed by atoms with Gasteiger partial charge in [-0.15, -0.1) is 0 Å². The molecule has 0 bridgehead atoms. The first kappa shape index (κ1) is 20.6. The highest BCUT2D eigenvalue weighted by Gasteiger charge is 2.32. The van der Waals surface area contributed by atoms with Crippen molar-refractivity contribution in [1.29, 1.82) is 0 Å². The smallest absolute Gasteiger partial charge is 0.263 e. The summed E-state index contributed by atoms with van der Waals surface area (Å²) in [5, 5.41) is 0.571. The number of carbonyl (C=O) groups excluding carboxylic acids is 1. The quantitative estimate of drug-likeness (QED) is 0.737. The lowest BCUT2D eigenvalue weighted by Crippen LogP contribution is -2.53. The minimum absolute atomic E-state index is 0.0910. The molecule has 2 aromatic carbocycles. The largest absolute Gasteiger partial charge is 0.481 e. The molecule has 0 spiro atoms. The second-order valence-electron chi connectivity index (χ2n) is 6.40. The van der Waals surface area contributed by atoms with Crippen LogP contribution in [0, 0.1) is 5.82 Å². The Balaban J connectivity index is 1.59. The lowest BCUT2D eigenvalue weighted by atomic mass is 10.2. The first-order chi connectivity index (χ1) is 13.3. The summed E-state index contributed by atoms with van der Waals surface area (Å²) in [5.74, 6) is -0.307. The molecule has 0 radical (unpaired) electrons. The lowest BCUT2D eigenvalue weighted by Gasteiger charge is -2.35. The fraction of sp³-hybridized carbons (Fsp3) is 0.316. The normalized spacial score (nSPS) is 16.6. The molecule has 150 valence electrons. The zero-order chi connectivity index (χ0) is 20.3. The van der Waals surface area contributed by atoms with Crippen LogP contribution in [-0.2, 0) is 14.8 Å². The molecule has 0 aromatic heterocycles. The Morgan fingerprint density at radius 3 is 2.36 bits per heavy atom. The third-order valence-electron chi connectivity index (χ3n) is 4.46. The van der Waals surface area contributed by atoms with Crippen molar-refractivity contribution in [3.8, 4) is 5.75 Å². The molecule has 0 saturated carbocycles. The average molecular weight is 427 g/mol. The number of hydrogen-bond donors (Lipinski definition) is 0. The second-order valence-corrected chi connectivity index (χ2v) is 8.78. The molecule has 6 nitrogen and oxygen atoms in total. The maximum absolute atomic E-state index is 13.4. The Morgan fingerprint density at radius 1 is 1.11 bits per heavy atom. The van der Waals surface area contributed by atoms with Crippen molar-refractivity contribution in [2.24, 2.45) is 0 Å². The van der Waals surface area contributed by atoms with E-state index in [0.717, 1.165) is 6.07 Å². The van der Waals surface area contributed by atoms with E-state index in [1.165, 1.54) is 22.5 Å². The Kier molecular flexibility index (Phi) is 6.22. The molecule has 0 aliphatic carbocycles. The van der Waals surface area contributed by atoms with Crippen molar-refractivity contribution in [1.82, 2.24) is 9.21 Å². The van der Waals surface area contributed by atoms with Gasteiger partial charge in [-0.1, -0.05) is 17.7 Å². The van der Waals surface area contributed by atoms with Crippen molar-refractivity contribution in [3.63, 3.8) is 0 Å². The number of benzene rings is 2. The molecular weight excluding hydrogens is 407 g/mol. The molecule has 9 heteroatoms. The van der Waals surface area contributed by atoms with Gasteiger partial charge in [-0.3, -0.25) is 4.79 Å². The SMILES string of the molecule is CC(Oc1ccc(Cl)cc1)C(=O)N1CCN(S(=O)(=O)c2cccc(F)c2)CC1. The zero-order valence-corrected chi connectivity index (χ0v) is 16.8. The maximum Gasteiger partial charge on any atom is 0.263 e. The summed E-state index contributed by atoms with van der Waals surface area (Å²) >= 11 is 5.83. The Labute approximate surface area is 168 Å². The zero-order valence-electron chi connectivity index (χ0n) is 15.2. The molecule has 1 atom stereocenters. The van der Waals surface area contributed by atoms with Gasteiger partial charge in [0.05, 0.1) is 4.90 Å². The summed E-state index contributed by atoms with van der Waals surface area (Å²) in [7, 11) is -3.79. The number of carbonyl (C=O) groups is 1. The Bertz CT molecular complexity index is 945. The molecule has 1 unspecified atom stereocenters. The van der Waals surface area contributed by atoms with Crippen LogP contribution in [0.4, 0.5) is 4.39 Å². The number of rotatable bonds is 5. The van der Waals surface area contributed by atoms with E-state index >= 15 is 0 Å². The van der Waals surface area contributed by atoms with Crippen LogP contribution in [0.5, 0.6) is 5.75 Å². The summed E-state index contributed by atoms with van der Waals surface area (Å²) in [6.07, 6.45) is -0.715. The number of sulfonamides is 1. The van der Waals surface area contributed by atoms with Gasteiger partial charge in [-0.05, 0) is 49.4 Å². The standard InChI is InChI=1S/C19H20ClFN2O4S/c1-14(27-17-7-5-15(20)6-8-17)19(24)22-9-11-23(12-10-22)28(25,26)18-4-2-3-16(21)13-18/h2-8,13-14H,9-12H2,1H3. The van der Waals surface area contributed by atoms with Gasteiger partial charge in [-0.2, -0.15) is 4.31 Å². The number of ether oxygens (including phenoxy) is 1. The van der Waals surface area contributed by atoms with E-state index < -0.39 is 21.9 Å². The number of piperazine rings is 1. The number of amides is 1. The van der Waals surface area contributed by atoms with Crippen LogP contribution in [0.2, 0.25) is 5.02 Å². The van der Waals surface area contributed by atoms with Gasteiger partial charge in [0, 0.05) is 31.2 Å². The molecule has 28 heavy (non-hydrogen) atoms. The van der Waals surface area contributed by atoms with Crippen LogP contribution in [0.1, 0.15) is 6.92 Å². The molecular formula is C19H20ClFN2O4S. The van der Waals surface area contributed by atoms with E-state index in [2.05, 4.69) is 0 Å². The van der Waals surface area contributed by atoms with Gasteiger partial charge < -0.3 is 9.64 Å². The lowest BCUT2D eigenvalue weighted by molar-refractivity contribution is -0.139. The van der Waals surface area contributed by atoms with Gasteiger partial charge >= 0.3 is 0 Å². The summed E-state index contributed by atoms with van der Waals surface area (Å²) in [5.41, 5.74) is 0. The topological polar surface area (TPSA) is 66.9 Å². The van der Waals surface area contributed by atoms with E-state index in [0.29, 0.717) is 10.8 Å². The van der Waals surface area contributed by atoms with Crippen molar-refractivity contribution in [2.75, 3.05) is 26.2 Å². The van der Waals surface area contributed by atoms with Crippen LogP contribution < -0.4 is 4.74 Å². The monoisotopic (exact) mass is 426 g/mol. The molecule has 1 amide bonds. The Morgan fingerprint density at radius 2 is 1.75 bits per heavy atom. The molecule has 3 rings (SSSR count). The number of nitrogens with zero attached hydrogens (tertiary/aromatic N) is 2. The molecule has 1 heterocycles. The van der Waals surface area contributed by atoms with Crippen molar-refractivity contribution < 1.29 is 22.3 Å². The molecule has 1 aliphatic heterocycles. The van der Waals surface area contributed by atoms with Gasteiger partial charge in [0.15, 0.2) is 6.10 Å². The van der Waals surface area contributed by atoms with E-state index in [4.69, 9.17) is 16.3 Å². The van der Waals surface area contributed by atoms with E-state index in [1.54, 1.807) is 36.1 Å². The number of hydrogen-bond acceptors (Lipinski definition) is 4. The van der Waals surface area contributed by atoms with Crippen molar-refractivity contribution >= 4 is 27.5 Å². The van der Waals surface area contributed by atoms with Crippen LogP contribution in [0.25, 0.3) is 0 Å². The van der Waals surface area contributed by atoms with Gasteiger partial charge in [0.2, 0.25) is 10.0 Å². The van der Waals surface area contributed by atoms with Crippen LogP contribution in [0.15, 0.2) is 53.4 Å². The molecule has 1 fully saturated rings. The predicted molar refractivity (Wildman–Crippen MR) is 103 cm³/mol. The first-order valence-corrected chi connectivity index (χ1v) is 10.6. The fourth-order valence-electron chi connectivity index (χ4n) is 2.95. The molecule has 0 N–H and O–H groups in total. The summed E-state index contributed by atoms with van der Waals surface area (Å²) in [4.78, 5) is 14.1. The van der Waals surface area contributed by atoms with Gasteiger partial charge in [0.25, 0.3) is 5.91 Å². The van der Waals surface area contributed by atoms with E-state index in [1.807, 2.05) is 0 Å². The highest BCUT2D eigenvalue weighted by Crippen LogP contribution is 2.20. The Hall–Kier alpha value is -2.16.